The molecule has 1 aliphatic rings. The zero-order valence-corrected chi connectivity index (χ0v) is 18.1. The van der Waals surface area contributed by atoms with Gasteiger partial charge < -0.3 is 20.3 Å². The summed E-state index contributed by atoms with van der Waals surface area (Å²) in [6, 6.07) is 4.31. The first-order valence-electron chi connectivity index (χ1n) is 10.6. The van der Waals surface area contributed by atoms with Crippen molar-refractivity contribution in [3.63, 3.8) is 0 Å². The van der Waals surface area contributed by atoms with Gasteiger partial charge in [-0.1, -0.05) is 6.07 Å². The molecule has 0 radical (unpaired) electrons. The molecule has 3 aromatic rings. The molecule has 4 rings (SSSR count). The van der Waals surface area contributed by atoms with E-state index in [9.17, 15) is 0 Å². The van der Waals surface area contributed by atoms with Crippen LogP contribution in [0.5, 0.6) is 0 Å². The Kier molecular flexibility index (Phi) is 6.10. The summed E-state index contributed by atoms with van der Waals surface area (Å²) >= 11 is 0. The first-order valence-corrected chi connectivity index (χ1v) is 10.6. The van der Waals surface area contributed by atoms with Crippen molar-refractivity contribution in [2.45, 2.75) is 40.3 Å². The maximum absolute atomic E-state index is 5.55. The molecule has 3 aromatic heterocycles. The Morgan fingerprint density at radius 3 is 2.87 bits per heavy atom. The highest BCUT2D eigenvalue weighted by molar-refractivity contribution is 5.90. The fraction of sp³-hybridized carbons (Fsp3) is 0.524. The van der Waals surface area contributed by atoms with E-state index in [0.717, 1.165) is 53.7 Å². The van der Waals surface area contributed by atoms with Crippen LogP contribution in [0, 0.1) is 13.8 Å². The first kappa shape index (κ1) is 20.5. The summed E-state index contributed by atoms with van der Waals surface area (Å²) in [7, 11) is 0. The summed E-state index contributed by atoms with van der Waals surface area (Å²) in [4.78, 5) is 16.6. The third kappa shape index (κ3) is 4.22. The van der Waals surface area contributed by atoms with Crippen LogP contribution in [0.2, 0.25) is 0 Å². The van der Waals surface area contributed by atoms with Crippen LogP contribution >= 0.6 is 0 Å². The van der Waals surface area contributed by atoms with Crippen LogP contribution in [0.4, 0.5) is 17.6 Å². The molecule has 0 spiro atoms. The number of hydrogen-bond donors (Lipinski definition) is 2. The molecule has 1 aliphatic heterocycles. The fourth-order valence-corrected chi connectivity index (χ4v) is 3.69. The van der Waals surface area contributed by atoms with Gasteiger partial charge in [-0.15, -0.1) is 0 Å². The van der Waals surface area contributed by atoms with Gasteiger partial charge in [-0.25, -0.2) is 9.97 Å². The monoisotopic (exact) mass is 410 g/mol. The van der Waals surface area contributed by atoms with Gasteiger partial charge in [-0.3, -0.25) is 4.68 Å². The van der Waals surface area contributed by atoms with Gasteiger partial charge in [0, 0.05) is 38.5 Å². The van der Waals surface area contributed by atoms with Crippen molar-refractivity contribution in [3.05, 3.63) is 29.6 Å². The van der Waals surface area contributed by atoms with E-state index in [1.807, 2.05) is 43.8 Å². The van der Waals surface area contributed by atoms with E-state index in [1.165, 1.54) is 0 Å². The molecule has 1 fully saturated rings. The van der Waals surface area contributed by atoms with Crippen molar-refractivity contribution in [2.75, 3.05) is 43.1 Å². The van der Waals surface area contributed by atoms with E-state index >= 15 is 0 Å². The van der Waals surface area contributed by atoms with E-state index in [0.29, 0.717) is 31.6 Å². The summed E-state index contributed by atoms with van der Waals surface area (Å²) in [6.07, 6.45) is 1.84. The van der Waals surface area contributed by atoms with Crippen molar-refractivity contribution in [1.82, 2.24) is 30.0 Å². The summed E-state index contributed by atoms with van der Waals surface area (Å²) in [5.74, 6) is 2.18. The molecule has 0 aromatic carbocycles. The molecule has 9 heteroatoms. The van der Waals surface area contributed by atoms with Crippen LogP contribution in [0.25, 0.3) is 11.0 Å². The minimum absolute atomic E-state index is 0.315. The maximum atomic E-state index is 5.55. The molecule has 30 heavy (non-hydrogen) atoms. The molecule has 160 valence electrons. The summed E-state index contributed by atoms with van der Waals surface area (Å²) in [6.45, 7) is 12.8. The minimum Gasteiger partial charge on any atom is -0.380 e. The van der Waals surface area contributed by atoms with Crippen molar-refractivity contribution < 1.29 is 4.74 Å². The van der Waals surface area contributed by atoms with Gasteiger partial charge in [0.1, 0.15) is 16.9 Å². The molecule has 1 atom stereocenters. The van der Waals surface area contributed by atoms with Crippen LogP contribution in [0.1, 0.15) is 25.1 Å². The number of anilines is 3. The Hall–Kier alpha value is -2.78. The number of piperazine rings is 1. The van der Waals surface area contributed by atoms with E-state index in [4.69, 9.17) is 19.8 Å². The second kappa shape index (κ2) is 8.93. The first-order chi connectivity index (χ1) is 14.6. The number of aromatic nitrogens is 5. The Balaban J connectivity index is 1.79. The predicted octanol–water partition coefficient (Wildman–Crippen LogP) is 2.42. The SMILES string of the molecule is CCOCCn1nc(C)c2nc(N3CCNC[C@@H]3C)nc(Nc3ccc(C)cn3)c21. The third-order valence-corrected chi connectivity index (χ3v) is 5.31. The topological polar surface area (TPSA) is 93.0 Å². The van der Waals surface area contributed by atoms with Crippen LogP contribution in [-0.2, 0) is 11.3 Å². The molecule has 4 heterocycles. The number of pyridine rings is 1. The quantitative estimate of drug-likeness (QED) is 0.574. The summed E-state index contributed by atoms with van der Waals surface area (Å²) in [5.41, 5.74) is 3.73. The van der Waals surface area contributed by atoms with Gasteiger partial charge in [-0.05, 0) is 39.3 Å². The molecule has 0 bridgehead atoms. The van der Waals surface area contributed by atoms with Crippen molar-refractivity contribution in [3.8, 4) is 0 Å². The smallest absolute Gasteiger partial charge is 0.228 e. The Labute approximate surface area is 176 Å². The number of ether oxygens (including phenoxy) is 1. The van der Waals surface area contributed by atoms with Crippen molar-refractivity contribution in [1.29, 1.82) is 0 Å². The molecule has 2 N–H and O–H groups in total. The zero-order valence-electron chi connectivity index (χ0n) is 18.1. The maximum Gasteiger partial charge on any atom is 0.228 e. The highest BCUT2D eigenvalue weighted by Crippen LogP contribution is 2.29. The Bertz CT molecular complexity index is 1000. The van der Waals surface area contributed by atoms with Gasteiger partial charge in [0.25, 0.3) is 0 Å². The predicted molar refractivity (Wildman–Crippen MR) is 118 cm³/mol. The van der Waals surface area contributed by atoms with Crippen LogP contribution in [0.3, 0.4) is 0 Å². The van der Waals surface area contributed by atoms with Gasteiger partial charge in [-0.2, -0.15) is 10.1 Å². The Morgan fingerprint density at radius 2 is 2.13 bits per heavy atom. The lowest BCUT2D eigenvalue weighted by atomic mass is 10.2. The van der Waals surface area contributed by atoms with Crippen molar-refractivity contribution >= 4 is 28.6 Å². The minimum atomic E-state index is 0.315. The molecule has 0 aliphatic carbocycles. The number of rotatable bonds is 7. The number of nitrogens with one attached hydrogen (secondary N) is 2. The molecular weight excluding hydrogens is 380 g/mol. The zero-order chi connectivity index (χ0) is 21.1. The van der Waals surface area contributed by atoms with Crippen LogP contribution in [-0.4, -0.2) is 63.6 Å². The van der Waals surface area contributed by atoms with Gasteiger partial charge in [0.05, 0.1) is 18.8 Å². The van der Waals surface area contributed by atoms with Gasteiger partial charge >= 0.3 is 0 Å². The lowest BCUT2D eigenvalue weighted by molar-refractivity contribution is 0.137. The third-order valence-electron chi connectivity index (χ3n) is 5.31. The Morgan fingerprint density at radius 1 is 1.27 bits per heavy atom. The van der Waals surface area contributed by atoms with E-state index in [1.54, 1.807) is 0 Å². The van der Waals surface area contributed by atoms with E-state index in [2.05, 4.69) is 27.4 Å². The van der Waals surface area contributed by atoms with Gasteiger partial charge in [0.2, 0.25) is 5.95 Å². The van der Waals surface area contributed by atoms with Crippen LogP contribution in [0.15, 0.2) is 18.3 Å². The van der Waals surface area contributed by atoms with E-state index in [-0.39, 0.29) is 0 Å². The molecule has 1 saturated heterocycles. The lowest BCUT2D eigenvalue weighted by Crippen LogP contribution is -2.50. The van der Waals surface area contributed by atoms with E-state index < -0.39 is 0 Å². The van der Waals surface area contributed by atoms with Crippen molar-refractivity contribution in [2.24, 2.45) is 0 Å². The average Bonchev–Trinajstić information content (AvgIpc) is 3.06. The molecular formula is C21H30N8O. The normalized spacial score (nSPS) is 16.9. The fourth-order valence-electron chi connectivity index (χ4n) is 3.69. The molecule has 0 amide bonds. The summed E-state index contributed by atoms with van der Waals surface area (Å²) < 4.78 is 7.48. The highest BCUT2D eigenvalue weighted by atomic mass is 16.5. The number of aryl methyl sites for hydroxylation is 2. The molecule has 9 nitrogen and oxygen atoms in total. The number of nitrogens with zero attached hydrogens (tertiary/aromatic N) is 6. The molecule has 0 saturated carbocycles. The standard InChI is InChI=1S/C21H30N8O/c1-5-30-11-10-29-19-18(16(4)27-29)25-21(28-9-8-22-13-15(28)3)26-20(19)24-17-7-6-14(2)12-23-17/h6-7,12,15,22H,5,8-11,13H2,1-4H3,(H,23,24,25,26)/t15-/m0/s1. The highest BCUT2D eigenvalue weighted by Gasteiger charge is 2.24. The second-order valence-corrected chi connectivity index (χ2v) is 7.67. The van der Waals surface area contributed by atoms with Gasteiger partial charge in [0.15, 0.2) is 5.82 Å². The van der Waals surface area contributed by atoms with Crippen LogP contribution < -0.4 is 15.5 Å². The summed E-state index contributed by atoms with van der Waals surface area (Å²) in [5, 5.41) is 11.6. The number of fused-ring (bicyclic) bond motifs is 1. The average molecular weight is 411 g/mol. The molecule has 0 unspecified atom stereocenters. The lowest BCUT2D eigenvalue weighted by Gasteiger charge is -2.34. The largest absolute Gasteiger partial charge is 0.380 e. The second-order valence-electron chi connectivity index (χ2n) is 7.67. The number of hydrogen-bond acceptors (Lipinski definition) is 8.